The van der Waals surface area contributed by atoms with Gasteiger partial charge in [-0.1, -0.05) is 23.7 Å². The first-order valence-corrected chi connectivity index (χ1v) is 10.2. The van der Waals surface area contributed by atoms with Gasteiger partial charge in [0.15, 0.2) is 0 Å². The van der Waals surface area contributed by atoms with Crippen LogP contribution in [0.25, 0.3) is 0 Å². The molecular formula is C22H26ClN3O. The van der Waals surface area contributed by atoms with Gasteiger partial charge < -0.3 is 10.2 Å². The molecule has 1 aliphatic carbocycles. The van der Waals surface area contributed by atoms with E-state index < -0.39 is 0 Å². The summed E-state index contributed by atoms with van der Waals surface area (Å²) in [7, 11) is 0. The summed E-state index contributed by atoms with van der Waals surface area (Å²) in [5.74, 6) is 0.0733. The van der Waals surface area contributed by atoms with Crippen LogP contribution < -0.4 is 10.2 Å². The molecule has 0 saturated carbocycles. The normalized spacial score (nSPS) is 18.2. The van der Waals surface area contributed by atoms with E-state index in [9.17, 15) is 4.79 Å². The van der Waals surface area contributed by atoms with Gasteiger partial charge >= 0.3 is 0 Å². The molecule has 27 heavy (non-hydrogen) atoms. The molecule has 0 aromatic heterocycles. The fourth-order valence-electron chi connectivity index (χ4n) is 4.10. The van der Waals surface area contributed by atoms with Crippen molar-refractivity contribution < 1.29 is 4.79 Å². The van der Waals surface area contributed by atoms with Crippen LogP contribution in [0.5, 0.6) is 0 Å². The molecule has 2 aliphatic rings. The number of piperazine rings is 1. The number of halogens is 1. The van der Waals surface area contributed by atoms with E-state index in [0.717, 1.165) is 55.4 Å². The molecule has 1 aliphatic heterocycles. The maximum absolute atomic E-state index is 12.7. The summed E-state index contributed by atoms with van der Waals surface area (Å²) in [6.45, 7) is 5.53. The van der Waals surface area contributed by atoms with Crippen LogP contribution in [-0.4, -0.2) is 43.0 Å². The third kappa shape index (κ3) is 4.12. The second-order valence-electron chi connectivity index (χ2n) is 7.51. The zero-order valence-electron chi connectivity index (χ0n) is 15.7. The van der Waals surface area contributed by atoms with Gasteiger partial charge in [0.1, 0.15) is 0 Å². The third-order valence-electron chi connectivity index (χ3n) is 5.78. The maximum Gasteiger partial charge on any atom is 0.241 e. The van der Waals surface area contributed by atoms with Crippen LogP contribution in [0.1, 0.15) is 24.5 Å². The van der Waals surface area contributed by atoms with E-state index in [1.165, 1.54) is 17.5 Å². The number of carbonyl (C=O) groups excluding carboxylic acids is 1. The molecule has 2 aromatic rings. The van der Waals surface area contributed by atoms with Crippen molar-refractivity contribution in [2.24, 2.45) is 0 Å². The van der Waals surface area contributed by atoms with Crippen LogP contribution >= 0.6 is 11.6 Å². The van der Waals surface area contributed by atoms with Crippen molar-refractivity contribution in [3.63, 3.8) is 0 Å². The summed E-state index contributed by atoms with van der Waals surface area (Å²) in [5, 5.41) is 3.87. The van der Waals surface area contributed by atoms with Gasteiger partial charge in [0.2, 0.25) is 5.91 Å². The zero-order chi connectivity index (χ0) is 18.8. The van der Waals surface area contributed by atoms with Gasteiger partial charge in [-0.05, 0) is 67.6 Å². The van der Waals surface area contributed by atoms with Crippen molar-refractivity contribution in [3.05, 3.63) is 58.6 Å². The Morgan fingerprint density at radius 3 is 2.59 bits per heavy atom. The van der Waals surface area contributed by atoms with E-state index >= 15 is 0 Å². The molecule has 2 aromatic carbocycles. The second-order valence-corrected chi connectivity index (χ2v) is 7.94. The van der Waals surface area contributed by atoms with Gasteiger partial charge in [-0.2, -0.15) is 0 Å². The number of nitrogens with zero attached hydrogens (tertiary/aromatic N) is 2. The van der Waals surface area contributed by atoms with Gasteiger partial charge in [0, 0.05) is 42.6 Å². The van der Waals surface area contributed by atoms with Crippen molar-refractivity contribution in [3.8, 4) is 0 Å². The average molecular weight is 384 g/mol. The van der Waals surface area contributed by atoms with Crippen molar-refractivity contribution in [2.75, 3.05) is 36.4 Å². The standard InChI is InChI=1S/C22H26ClN3O/c1-16(22(27)24-20-9-8-17-4-2-5-18(17)14-20)25-10-12-26(13-11-25)21-7-3-6-19(23)15-21/h3,6-9,14-16H,2,4-5,10-13H2,1H3,(H,24,27)/t16-/m0/s1. The van der Waals surface area contributed by atoms with Crippen LogP contribution in [-0.2, 0) is 17.6 Å². The number of amides is 1. The minimum absolute atomic E-state index is 0.0733. The predicted octanol–water partition coefficient (Wildman–Crippen LogP) is 3.98. The van der Waals surface area contributed by atoms with Crippen LogP contribution in [0.2, 0.25) is 5.02 Å². The Kier molecular flexibility index (Phi) is 5.37. The van der Waals surface area contributed by atoms with Crippen LogP contribution in [0, 0.1) is 0 Å². The summed E-state index contributed by atoms with van der Waals surface area (Å²) >= 11 is 6.11. The lowest BCUT2D eigenvalue weighted by Gasteiger charge is -2.38. The smallest absolute Gasteiger partial charge is 0.241 e. The molecule has 5 heteroatoms. The topological polar surface area (TPSA) is 35.6 Å². The number of hydrogen-bond acceptors (Lipinski definition) is 3. The van der Waals surface area contributed by atoms with Crippen LogP contribution in [0.3, 0.4) is 0 Å². The van der Waals surface area contributed by atoms with E-state index in [-0.39, 0.29) is 11.9 Å². The molecule has 0 radical (unpaired) electrons. The van der Waals surface area contributed by atoms with E-state index in [4.69, 9.17) is 11.6 Å². The largest absolute Gasteiger partial charge is 0.369 e. The molecule has 0 unspecified atom stereocenters. The molecule has 142 valence electrons. The van der Waals surface area contributed by atoms with E-state index in [1.807, 2.05) is 31.2 Å². The molecule has 1 heterocycles. The number of aryl methyl sites for hydroxylation is 2. The molecule has 1 amide bonds. The van der Waals surface area contributed by atoms with Crippen LogP contribution in [0.15, 0.2) is 42.5 Å². The lowest BCUT2D eigenvalue weighted by Crippen LogP contribution is -2.52. The number of nitrogens with one attached hydrogen (secondary N) is 1. The summed E-state index contributed by atoms with van der Waals surface area (Å²) in [5.41, 5.74) is 4.89. The monoisotopic (exact) mass is 383 g/mol. The number of fused-ring (bicyclic) bond motifs is 1. The first-order valence-electron chi connectivity index (χ1n) is 9.77. The molecule has 1 fully saturated rings. The Morgan fingerprint density at radius 2 is 1.81 bits per heavy atom. The SMILES string of the molecule is C[C@@H](C(=O)Nc1ccc2c(c1)CCC2)N1CCN(c2cccc(Cl)c2)CC1. The molecule has 1 N–H and O–H groups in total. The van der Waals surface area contributed by atoms with E-state index in [2.05, 4.69) is 33.3 Å². The summed E-state index contributed by atoms with van der Waals surface area (Å²) in [6.07, 6.45) is 3.51. The Hall–Kier alpha value is -2.04. The van der Waals surface area contributed by atoms with Crippen molar-refractivity contribution in [1.29, 1.82) is 0 Å². The van der Waals surface area contributed by atoms with E-state index in [0.29, 0.717) is 0 Å². The van der Waals surface area contributed by atoms with Crippen molar-refractivity contribution >= 4 is 28.9 Å². The Balaban J connectivity index is 1.33. The zero-order valence-corrected chi connectivity index (χ0v) is 16.5. The quantitative estimate of drug-likeness (QED) is 0.867. The molecule has 4 nitrogen and oxygen atoms in total. The molecular weight excluding hydrogens is 358 g/mol. The highest BCUT2D eigenvalue weighted by Crippen LogP contribution is 2.25. The van der Waals surface area contributed by atoms with Gasteiger partial charge in [-0.15, -0.1) is 0 Å². The molecule has 0 bridgehead atoms. The predicted molar refractivity (Wildman–Crippen MR) is 112 cm³/mol. The number of benzene rings is 2. The van der Waals surface area contributed by atoms with E-state index in [1.54, 1.807) is 0 Å². The molecule has 1 atom stereocenters. The Bertz CT molecular complexity index is 830. The number of rotatable bonds is 4. The fraction of sp³-hybridized carbons (Fsp3) is 0.409. The Labute approximate surface area is 166 Å². The maximum atomic E-state index is 12.7. The second kappa shape index (κ2) is 7.91. The first kappa shape index (κ1) is 18.3. The molecule has 0 spiro atoms. The van der Waals surface area contributed by atoms with Gasteiger partial charge in [0.05, 0.1) is 6.04 Å². The summed E-state index contributed by atoms with van der Waals surface area (Å²) < 4.78 is 0. The number of hydrogen-bond donors (Lipinski definition) is 1. The van der Waals surface area contributed by atoms with Gasteiger partial charge in [-0.25, -0.2) is 0 Å². The highest BCUT2D eigenvalue weighted by atomic mass is 35.5. The lowest BCUT2D eigenvalue weighted by molar-refractivity contribution is -0.120. The first-order chi connectivity index (χ1) is 13.1. The molecule has 4 rings (SSSR count). The Morgan fingerprint density at radius 1 is 1.04 bits per heavy atom. The minimum atomic E-state index is -0.139. The minimum Gasteiger partial charge on any atom is -0.369 e. The highest BCUT2D eigenvalue weighted by molar-refractivity contribution is 6.30. The van der Waals surface area contributed by atoms with Gasteiger partial charge in [0.25, 0.3) is 0 Å². The fourth-order valence-corrected chi connectivity index (χ4v) is 4.29. The van der Waals surface area contributed by atoms with Crippen LogP contribution in [0.4, 0.5) is 11.4 Å². The summed E-state index contributed by atoms with van der Waals surface area (Å²) in [4.78, 5) is 17.3. The average Bonchev–Trinajstić information content (AvgIpc) is 3.15. The molecule has 1 saturated heterocycles. The highest BCUT2D eigenvalue weighted by Gasteiger charge is 2.26. The van der Waals surface area contributed by atoms with Crippen molar-refractivity contribution in [1.82, 2.24) is 4.90 Å². The van der Waals surface area contributed by atoms with Crippen molar-refractivity contribution in [2.45, 2.75) is 32.2 Å². The lowest BCUT2D eigenvalue weighted by atomic mass is 10.1. The van der Waals surface area contributed by atoms with Gasteiger partial charge in [-0.3, -0.25) is 9.69 Å². The third-order valence-corrected chi connectivity index (χ3v) is 6.02. The summed E-state index contributed by atoms with van der Waals surface area (Å²) in [6, 6.07) is 14.2. The number of anilines is 2. The number of carbonyl (C=O) groups is 1.